The number of phenolic OH excluding ortho intramolecular Hbond substituents is 1. The molecule has 2 aromatic rings. The van der Waals surface area contributed by atoms with Gasteiger partial charge in [0.05, 0.1) is 12.8 Å². The van der Waals surface area contributed by atoms with Crippen LogP contribution in [0.2, 0.25) is 5.02 Å². The first kappa shape index (κ1) is 19.1. The van der Waals surface area contributed by atoms with Crippen molar-refractivity contribution in [3.8, 4) is 16.9 Å². The lowest BCUT2D eigenvalue weighted by Gasteiger charge is -2.42. The number of fused-ring (bicyclic) bond motifs is 1. The molecule has 1 fully saturated rings. The van der Waals surface area contributed by atoms with E-state index in [9.17, 15) is 9.90 Å². The van der Waals surface area contributed by atoms with Gasteiger partial charge in [-0.25, -0.2) is 0 Å². The SMILES string of the molecule is CCC(=O)N1CCN(C2NCNc3cc(-c4ccccc4O)c(Cl)cc32)CC1. The number of carbonyl (C=O) groups is 1. The van der Waals surface area contributed by atoms with E-state index < -0.39 is 0 Å². The van der Waals surface area contributed by atoms with Gasteiger partial charge in [0, 0.05) is 60.0 Å². The van der Waals surface area contributed by atoms with Gasteiger partial charge in [-0.2, -0.15) is 0 Å². The molecule has 2 aliphatic rings. The number of halogens is 1. The van der Waals surface area contributed by atoms with Crippen molar-refractivity contribution in [1.82, 2.24) is 15.1 Å². The van der Waals surface area contributed by atoms with Gasteiger partial charge in [-0.05, 0) is 18.2 Å². The zero-order valence-electron chi connectivity index (χ0n) is 15.9. The third-order valence-corrected chi connectivity index (χ3v) is 5.85. The van der Waals surface area contributed by atoms with Gasteiger partial charge >= 0.3 is 0 Å². The predicted octanol–water partition coefficient (Wildman–Crippen LogP) is 3.24. The molecule has 0 radical (unpaired) electrons. The van der Waals surface area contributed by atoms with Crippen molar-refractivity contribution in [3.63, 3.8) is 0 Å². The molecule has 28 heavy (non-hydrogen) atoms. The van der Waals surface area contributed by atoms with Crippen LogP contribution in [0.3, 0.4) is 0 Å². The van der Waals surface area contributed by atoms with Gasteiger partial charge in [0.25, 0.3) is 0 Å². The summed E-state index contributed by atoms with van der Waals surface area (Å²) in [5, 5.41) is 17.7. The minimum atomic E-state index is 0.0473. The molecule has 7 heteroatoms. The second-order valence-corrected chi connectivity index (χ2v) is 7.57. The van der Waals surface area contributed by atoms with Crippen LogP contribution in [0.1, 0.15) is 25.1 Å². The van der Waals surface area contributed by atoms with Crippen LogP contribution in [0.4, 0.5) is 5.69 Å². The number of hydrogen-bond donors (Lipinski definition) is 3. The smallest absolute Gasteiger partial charge is 0.222 e. The van der Waals surface area contributed by atoms with Crippen LogP contribution in [0.15, 0.2) is 36.4 Å². The number of phenols is 1. The fourth-order valence-corrected chi connectivity index (χ4v) is 4.28. The second kappa shape index (κ2) is 7.99. The summed E-state index contributed by atoms with van der Waals surface area (Å²) in [4.78, 5) is 16.2. The Hall–Kier alpha value is -2.28. The van der Waals surface area contributed by atoms with E-state index in [0.717, 1.165) is 48.6 Å². The Morgan fingerprint density at radius 2 is 1.93 bits per heavy atom. The minimum Gasteiger partial charge on any atom is -0.507 e. The molecule has 6 nitrogen and oxygen atoms in total. The van der Waals surface area contributed by atoms with Gasteiger partial charge in [-0.1, -0.05) is 36.7 Å². The maximum absolute atomic E-state index is 11.9. The maximum atomic E-state index is 11.9. The molecule has 4 rings (SSSR count). The molecule has 2 heterocycles. The Balaban J connectivity index is 1.60. The Morgan fingerprint density at radius 3 is 2.64 bits per heavy atom. The molecule has 3 N–H and O–H groups in total. The maximum Gasteiger partial charge on any atom is 0.222 e. The van der Waals surface area contributed by atoms with E-state index >= 15 is 0 Å². The number of piperazine rings is 1. The molecule has 0 spiro atoms. The number of amides is 1. The largest absolute Gasteiger partial charge is 0.507 e. The van der Waals surface area contributed by atoms with Crippen LogP contribution in [0.25, 0.3) is 11.1 Å². The Bertz CT molecular complexity index is 881. The molecule has 1 unspecified atom stereocenters. The van der Waals surface area contributed by atoms with E-state index in [4.69, 9.17) is 11.6 Å². The van der Waals surface area contributed by atoms with E-state index in [0.29, 0.717) is 18.1 Å². The van der Waals surface area contributed by atoms with E-state index in [2.05, 4.69) is 15.5 Å². The number of hydrogen-bond acceptors (Lipinski definition) is 5. The Morgan fingerprint density at radius 1 is 1.18 bits per heavy atom. The first-order valence-corrected chi connectivity index (χ1v) is 10.1. The summed E-state index contributed by atoms with van der Waals surface area (Å²) in [6.07, 6.45) is 0.602. The number of nitrogens with zero attached hydrogens (tertiary/aromatic N) is 2. The molecule has 148 valence electrons. The first-order valence-electron chi connectivity index (χ1n) is 9.69. The van der Waals surface area contributed by atoms with Gasteiger partial charge in [0.1, 0.15) is 5.75 Å². The van der Waals surface area contributed by atoms with Crippen LogP contribution in [-0.4, -0.2) is 53.7 Å². The topological polar surface area (TPSA) is 67.8 Å². The second-order valence-electron chi connectivity index (χ2n) is 7.17. The summed E-state index contributed by atoms with van der Waals surface area (Å²) in [7, 11) is 0. The standard InChI is InChI=1S/C21H25ClN4O2/c1-2-20(28)25-7-9-26(10-8-25)21-16-11-17(22)15(12-18(16)23-13-24-21)14-5-3-4-6-19(14)27/h3-6,11-12,21,23-24,27H,2,7-10,13H2,1H3. The summed E-state index contributed by atoms with van der Waals surface area (Å²) in [5.74, 6) is 0.431. The van der Waals surface area contributed by atoms with Gasteiger partial charge in [0.15, 0.2) is 0 Å². The van der Waals surface area contributed by atoms with E-state index in [-0.39, 0.29) is 17.8 Å². The predicted molar refractivity (Wildman–Crippen MR) is 111 cm³/mol. The molecule has 2 aromatic carbocycles. The Kier molecular flexibility index (Phi) is 5.44. The third-order valence-electron chi connectivity index (χ3n) is 5.54. The molecule has 1 saturated heterocycles. The van der Waals surface area contributed by atoms with Crippen molar-refractivity contribution in [1.29, 1.82) is 0 Å². The molecule has 0 aromatic heterocycles. The first-order chi connectivity index (χ1) is 13.6. The summed E-state index contributed by atoms with van der Waals surface area (Å²) in [5.41, 5.74) is 3.63. The van der Waals surface area contributed by atoms with Crippen LogP contribution in [0, 0.1) is 0 Å². The molecule has 0 bridgehead atoms. The van der Waals surface area contributed by atoms with Crippen molar-refractivity contribution in [3.05, 3.63) is 47.0 Å². The highest BCUT2D eigenvalue weighted by atomic mass is 35.5. The number of para-hydroxylation sites is 1. The van der Waals surface area contributed by atoms with Crippen molar-refractivity contribution >= 4 is 23.2 Å². The van der Waals surface area contributed by atoms with E-state index in [1.807, 2.05) is 36.1 Å². The van der Waals surface area contributed by atoms with Crippen LogP contribution in [-0.2, 0) is 4.79 Å². The molecule has 1 atom stereocenters. The van der Waals surface area contributed by atoms with Gasteiger partial charge in [-0.15, -0.1) is 0 Å². The number of carbonyl (C=O) groups excluding carboxylic acids is 1. The molecular weight excluding hydrogens is 376 g/mol. The van der Waals surface area contributed by atoms with Gasteiger partial charge < -0.3 is 15.3 Å². The minimum absolute atomic E-state index is 0.0473. The van der Waals surface area contributed by atoms with Crippen molar-refractivity contribution in [2.75, 3.05) is 38.2 Å². The molecule has 0 aliphatic carbocycles. The van der Waals surface area contributed by atoms with Gasteiger partial charge in [0.2, 0.25) is 5.91 Å². The Labute approximate surface area is 170 Å². The highest BCUT2D eigenvalue weighted by Gasteiger charge is 2.30. The molecule has 0 saturated carbocycles. The highest BCUT2D eigenvalue weighted by Crippen LogP contribution is 2.40. The number of benzene rings is 2. The average molecular weight is 401 g/mol. The van der Waals surface area contributed by atoms with Crippen molar-refractivity contribution < 1.29 is 9.90 Å². The summed E-state index contributed by atoms with van der Waals surface area (Å²) in [6, 6.07) is 11.2. The average Bonchev–Trinajstić information content (AvgIpc) is 2.73. The lowest BCUT2D eigenvalue weighted by atomic mass is 9.98. The summed E-state index contributed by atoms with van der Waals surface area (Å²) >= 11 is 6.62. The van der Waals surface area contributed by atoms with Crippen LogP contribution < -0.4 is 10.6 Å². The van der Waals surface area contributed by atoms with E-state index in [1.165, 1.54) is 0 Å². The molecular formula is C21H25ClN4O2. The number of rotatable bonds is 3. The van der Waals surface area contributed by atoms with Crippen molar-refractivity contribution in [2.45, 2.75) is 19.5 Å². The fourth-order valence-electron chi connectivity index (χ4n) is 4.01. The lowest BCUT2D eigenvalue weighted by Crippen LogP contribution is -2.53. The highest BCUT2D eigenvalue weighted by molar-refractivity contribution is 6.33. The monoisotopic (exact) mass is 400 g/mol. The zero-order chi connectivity index (χ0) is 19.7. The lowest BCUT2D eigenvalue weighted by molar-refractivity contribution is -0.133. The normalized spacial score (nSPS) is 19.8. The van der Waals surface area contributed by atoms with Crippen molar-refractivity contribution in [2.24, 2.45) is 0 Å². The number of anilines is 1. The molecule has 2 aliphatic heterocycles. The summed E-state index contributed by atoms with van der Waals surface area (Å²) < 4.78 is 0. The number of nitrogens with one attached hydrogen (secondary N) is 2. The zero-order valence-corrected chi connectivity index (χ0v) is 16.7. The molecule has 1 amide bonds. The number of aromatic hydroxyl groups is 1. The van der Waals surface area contributed by atoms with E-state index in [1.54, 1.807) is 12.1 Å². The van der Waals surface area contributed by atoms with Gasteiger partial charge in [-0.3, -0.25) is 15.0 Å². The third kappa shape index (κ3) is 3.55. The summed E-state index contributed by atoms with van der Waals surface area (Å²) in [6.45, 7) is 5.69. The van der Waals surface area contributed by atoms with Crippen LogP contribution in [0.5, 0.6) is 5.75 Å². The fraction of sp³-hybridized carbons (Fsp3) is 0.381. The quantitative estimate of drug-likeness (QED) is 0.738. The van der Waals surface area contributed by atoms with Crippen LogP contribution >= 0.6 is 11.6 Å².